The van der Waals surface area contributed by atoms with Crippen molar-refractivity contribution in [2.45, 2.75) is 25.6 Å². The molecule has 1 aliphatic heterocycles. The van der Waals surface area contributed by atoms with Gasteiger partial charge in [-0.3, -0.25) is 9.63 Å². The number of hydroxylamine groups is 1. The summed E-state index contributed by atoms with van der Waals surface area (Å²) in [6.07, 6.45) is -1.49. The van der Waals surface area contributed by atoms with E-state index < -0.39 is 18.1 Å². The van der Waals surface area contributed by atoms with Crippen molar-refractivity contribution in [3.05, 3.63) is 28.7 Å². The normalized spacial score (nSPS) is 18.8. The number of rotatable bonds is 5. The van der Waals surface area contributed by atoms with E-state index in [9.17, 15) is 9.59 Å². The van der Waals surface area contributed by atoms with Gasteiger partial charge in [-0.05, 0) is 37.6 Å². The highest BCUT2D eigenvalue weighted by Gasteiger charge is 2.28. The smallest absolute Gasteiger partial charge is 0.407 e. The van der Waals surface area contributed by atoms with E-state index in [-0.39, 0.29) is 12.6 Å². The molecule has 2 unspecified atom stereocenters. The largest absolute Gasteiger partial charge is 0.481 e. The van der Waals surface area contributed by atoms with Crippen molar-refractivity contribution in [2.24, 2.45) is 0 Å². The number of likely N-dealkylation sites (tertiary alicyclic amines) is 1. The maximum atomic E-state index is 11.9. The minimum atomic E-state index is -0.982. The molecule has 8 heteroatoms. The SMILES string of the molecule is CC(Oc1ccc(Br)cc1)C(=O)NOC1CCN(C(=O)O)C1. The monoisotopic (exact) mass is 372 g/mol. The van der Waals surface area contributed by atoms with Crippen molar-refractivity contribution in [2.75, 3.05) is 13.1 Å². The third-order valence-electron chi connectivity index (χ3n) is 3.24. The molecule has 7 nitrogen and oxygen atoms in total. The second-order valence-corrected chi connectivity index (χ2v) is 5.85. The predicted octanol–water partition coefficient (Wildman–Crippen LogP) is 2.02. The summed E-state index contributed by atoms with van der Waals surface area (Å²) in [5, 5.41) is 8.84. The Bertz CT molecular complexity index is 537. The average Bonchev–Trinajstić information content (AvgIpc) is 2.96. The van der Waals surface area contributed by atoms with Gasteiger partial charge < -0.3 is 14.7 Å². The Labute approximate surface area is 136 Å². The van der Waals surface area contributed by atoms with Crippen LogP contribution < -0.4 is 10.2 Å². The zero-order valence-electron chi connectivity index (χ0n) is 12.0. The predicted molar refractivity (Wildman–Crippen MR) is 81.5 cm³/mol. The fourth-order valence-electron chi connectivity index (χ4n) is 1.99. The first-order chi connectivity index (χ1) is 10.5. The van der Waals surface area contributed by atoms with Crippen LogP contribution in [0.1, 0.15) is 13.3 Å². The number of carbonyl (C=O) groups excluding carboxylic acids is 1. The molecular formula is C14H17BrN2O5. The van der Waals surface area contributed by atoms with Crippen molar-refractivity contribution < 1.29 is 24.3 Å². The summed E-state index contributed by atoms with van der Waals surface area (Å²) in [6.45, 7) is 2.26. The number of nitrogens with one attached hydrogen (secondary N) is 1. The first kappa shape index (κ1) is 16.6. The summed E-state index contributed by atoms with van der Waals surface area (Å²) in [5.74, 6) is 0.153. The minimum Gasteiger partial charge on any atom is -0.481 e. The number of nitrogens with zero attached hydrogens (tertiary/aromatic N) is 1. The van der Waals surface area contributed by atoms with Crippen molar-refractivity contribution in [1.29, 1.82) is 0 Å². The number of halogens is 1. The zero-order valence-corrected chi connectivity index (χ0v) is 13.6. The summed E-state index contributed by atoms with van der Waals surface area (Å²) in [5.41, 5.74) is 2.32. The van der Waals surface area contributed by atoms with Crippen LogP contribution in [0, 0.1) is 0 Å². The van der Waals surface area contributed by atoms with E-state index in [1.807, 2.05) is 12.1 Å². The molecule has 1 aromatic rings. The van der Waals surface area contributed by atoms with Crippen LogP contribution in [0.3, 0.4) is 0 Å². The van der Waals surface area contributed by atoms with E-state index in [1.165, 1.54) is 4.90 Å². The highest BCUT2D eigenvalue weighted by Crippen LogP contribution is 2.17. The molecule has 0 saturated carbocycles. The van der Waals surface area contributed by atoms with E-state index in [4.69, 9.17) is 14.7 Å². The molecule has 1 saturated heterocycles. The molecule has 1 aliphatic rings. The lowest BCUT2D eigenvalue weighted by Gasteiger charge is -2.17. The lowest BCUT2D eigenvalue weighted by Crippen LogP contribution is -2.39. The van der Waals surface area contributed by atoms with E-state index in [2.05, 4.69) is 21.4 Å². The van der Waals surface area contributed by atoms with Gasteiger partial charge in [0.25, 0.3) is 5.91 Å². The molecule has 22 heavy (non-hydrogen) atoms. The fraction of sp³-hybridized carbons (Fsp3) is 0.429. The molecule has 1 aromatic carbocycles. The molecule has 1 heterocycles. The summed E-state index contributed by atoms with van der Waals surface area (Å²) in [6, 6.07) is 7.12. The van der Waals surface area contributed by atoms with Gasteiger partial charge in [0, 0.05) is 11.0 Å². The molecule has 0 radical (unpaired) electrons. The standard InChI is InChI=1S/C14H17BrN2O5/c1-9(21-11-4-2-10(15)3-5-11)13(18)16-22-12-6-7-17(8-12)14(19)20/h2-5,9,12H,6-8H2,1H3,(H,16,18)(H,19,20). The van der Waals surface area contributed by atoms with Gasteiger partial charge in [0.15, 0.2) is 6.10 Å². The Balaban J connectivity index is 1.75. The molecule has 0 spiro atoms. The molecule has 2 N–H and O–H groups in total. The molecule has 120 valence electrons. The van der Waals surface area contributed by atoms with Gasteiger partial charge in [-0.15, -0.1) is 0 Å². The summed E-state index contributed by atoms with van der Waals surface area (Å²) >= 11 is 3.32. The summed E-state index contributed by atoms with van der Waals surface area (Å²) in [4.78, 5) is 29.1. The van der Waals surface area contributed by atoms with Gasteiger partial charge in [0.2, 0.25) is 0 Å². The zero-order chi connectivity index (χ0) is 16.1. The van der Waals surface area contributed by atoms with Crippen LogP contribution in [-0.4, -0.2) is 47.3 Å². The molecule has 0 aliphatic carbocycles. The van der Waals surface area contributed by atoms with E-state index in [1.54, 1.807) is 19.1 Å². The van der Waals surface area contributed by atoms with Crippen LogP contribution >= 0.6 is 15.9 Å². The maximum Gasteiger partial charge on any atom is 0.407 e. The molecule has 2 atom stereocenters. The van der Waals surface area contributed by atoms with Crippen molar-refractivity contribution in [3.63, 3.8) is 0 Å². The Kier molecular flexibility index (Phi) is 5.62. The van der Waals surface area contributed by atoms with Crippen molar-refractivity contribution in [3.8, 4) is 5.75 Å². The number of carboxylic acid groups (broad SMARTS) is 1. The van der Waals surface area contributed by atoms with E-state index in [0.717, 1.165) is 4.47 Å². The van der Waals surface area contributed by atoms with Gasteiger partial charge in [-0.25, -0.2) is 10.3 Å². The first-order valence-electron chi connectivity index (χ1n) is 6.81. The molecule has 0 bridgehead atoms. The van der Waals surface area contributed by atoms with Crippen LogP contribution in [0.2, 0.25) is 0 Å². The third kappa shape index (κ3) is 4.60. The number of hydrogen-bond donors (Lipinski definition) is 2. The second-order valence-electron chi connectivity index (χ2n) is 4.94. The topological polar surface area (TPSA) is 88.1 Å². The molecule has 0 aromatic heterocycles. The number of carbonyl (C=O) groups is 2. The lowest BCUT2D eigenvalue weighted by atomic mass is 10.3. The van der Waals surface area contributed by atoms with Gasteiger partial charge in [-0.2, -0.15) is 0 Å². The number of amides is 2. The van der Waals surface area contributed by atoms with E-state index >= 15 is 0 Å². The average molecular weight is 373 g/mol. The van der Waals surface area contributed by atoms with Crippen LogP contribution in [0.25, 0.3) is 0 Å². The Morgan fingerprint density at radius 2 is 2.09 bits per heavy atom. The van der Waals surface area contributed by atoms with Gasteiger partial charge in [0.1, 0.15) is 11.9 Å². The minimum absolute atomic E-state index is 0.248. The van der Waals surface area contributed by atoms with Crippen LogP contribution in [0.4, 0.5) is 4.79 Å². The van der Waals surface area contributed by atoms with Crippen molar-refractivity contribution in [1.82, 2.24) is 10.4 Å². The summed E-state index contributed by atoms with van der Waals surface area (Å²) in [7, 11) is 0. The van der Waals surface area contributed by atoms with Gasteiger partial charge in [-0.1, -0.05) is 15.9 Å². The number of benzene rings is 1. The Morgan fingerprint density at radius 3 is 2.68 bits per heavy atom. The highest BCUT2D eigenvalue weighted by atomic mass is 79.9. The fourth-order valence-corrected chi connectivity index (χ4v) is 2.26. The number of ether oxygens (including phenoxy) is 1. The first-order valence-corrected chi connectivity index (χ1v) is 7.60. The third-order valence-corrected chi connectivity index (χ3v) is 3.77. The Hall–Kier alpha value is -1.80. The van der Waals surface area contributed by atoms with Crippen LogP contribution in [-0.2, 0) is 9.63 Å². The number of hydrogen-bond acceptors (Lipinski definition) is 4. The quantitative estimate of drug-likeness (QED) is 0.771. The molecule has 2 rings (SSSR count). The van der Waals surface area contributed by atoms with Gasteiger partial charge >= 0.3 is 6.09 Å². The molecular weight excluding hydrogens is 356 g/mol. The Morgan fingerprint density at radius 1 is 1.41 bits per heavy atom. The molecule has 2 amide bonds. The van der Waals surface area contributed by atoms with Gasteiger partial charge in [0.05, 0.1) is 6.54 Å². The second kappa shape index (κ2) is 7.46. The summed E-state index contributed by atoms with van der Waals surface area (Å²) < 4.78 is 6.41. The van der Waals surface area contributed by atoms with Crippen LogP contribution in [0.15, 0.2) is 28.7 Å². The van der Waals surface area contributed by atoms with Crippen molar-refractivity contribution >= 4 is 27.9 Å². The maximum absolute atomic E-state index is 11.9. The highest BCUT2D eigenvalue weighted by molar-refractivity contribution is 9.10. The lowest BCUT2D eigenvalue weighted by molar-refractivity contribution is -0.144. The van der Waals surface area contributed by atoms with E-state index in [0.29, 0.717) is 18.7 Å². The molecule has 1 fully saturated rings. The van der Waals surface area contributed by atoms with Crippen LogP contribution in [0.5, 0.6) is 5.75 Å².